The predicted octanol–water partition coefficient (Wildman–Crippen LogP) is 6.79. The first-order valence-electron chi connectivity index (χ1n) is 10.3. The molecule has 0 unspecified atom stereocenters. The van der Waals surface area contributed by atoms with Gasteiger partial charge in [0.05, 0.1) is 22.3 Å². The molecule has 0 fully saturated rings. The number of pyridine rings is 1. The predicted molar refractivity (Wildman–Crippen MR) is 127 cm³/mol. The van der Waals surface area contributed by atoms with E-state index in [9.17, 15) is 23.2 Å². The Morgan fingerprint density at radius 1 is 1.06 bits per heavy atom. The lowest BCUT2D eigenvalue weighted by molar-refractivity contribution is -0.138. The number of aromatic nitrogens is 1. The summed E-state index contributed by atoms with van der Waals surface area (Å²) in [4.78, 5) is 15.9. The molecule has 2 N–H and O–H groups in total. The Hall–Kier alpha value is -4.84. The molecule has 35 heavy (non-hydrogen) atoms. The lowest BCUT2D eigenvalue weighted by Gasteiger charge is -2.15. The zero-order valence-corrected chi connectivity index (χ0v) is 18.1. The number of nitriles is 1. The van der Waals surface area contributed by atoms with Crippen LogP contribution in [0.2, 0.25) is 0 Å². The Morgan fingerprint density at radius 2 is 1.77 bits per heavy atom. The monoisotopic (exact) mass is 474 g/mol. The van der Waals surface area contributed by atoms with E-state index in [1.165, 1.54) is 36.5 Å². The van der Waals surface area contributed by atoms with Gasteiger partial charge in [-0.05, 0) is 60.7 Å². The number of halogens is 3. The number of nitrogens with zero attached hydrogens (tertiary/aromatic N) is 2. The highest BCUT2D eigenvalue weighted by atomic mass is 19.4. The zero-order chi connectivity index (χ0) is 25.0. The number of rotatable bonds is 6. The van der Waals surface area contributed by atoms with Gasteiger partial charge in [0.1, 0.15) is 17.6 Å². The Labute approximate surface area is 198 Å². The highest BCUT2D eigenvalue weighted by molar-refractivity contribution is 6.02. The van der Waals surface area contributed by atoms with E-state index >= 15 is 0 Å². The highest BCUT2D eigenvalue weighted by Crippen LogP contribution is 2.38. The molecule has 3 aromatic carbocycles. The summed E-state index contributed by atoms with van der Waals surface area (Å²) < 4.78 is 45.1. The number of ether oxygens (including phenoxy) is 1. The maximum absolute atomic E-state index is 13.2. The fourth-order valence-electron chi connectivity index (χ4n) is 3.35. The van der Waals surface area contributed by atoms with Gasteiger partial charge in [-0.2, -0.15) is 18.4 Å². The number of carbonyl (C=O) groups is 1. The van der Waals surface area contributed by atoms with Gasteiger partial charge in [0.15, 0.2) is 0 Å². The molecule has 4 rings (SSSR count). The molecule has 4 aromatic rings. The second kappa shape index (κ2) is 9.57. The maximum atomic E-state index is 13.2. The van der Waals surface area contributed by atoms with Crippen LogP contribution >= 0.6 is 0 Å². The minimum atomic E-state index is -4.54. The molecule has 0 spiro atoms. The Balaban J connectivity index is 1.63. The summed E-state index contributed by atoms with van der Waals surface area (Å²) in [5.41, 5.74) is 1.50. The van der Waals surface area contributed by atoms with Crippen molar-refractivity contribution < 1.29 is 22.7 Å². The van der Waals surface area contributed by atoms with Crippen molar-refractivity contribution in [3.8, 4) is 17.6 Å². The number of carbonyl (C=O) groups excluding carboxylic acids is 1. The molecule has 174 valence electrons. The summed E-state index contributed by atoms with van der Waals surface area (Å²) in [5, 5.41) is 16.0. The van der Waals surface area contributed by atoms with Crippen LogP contribution in [-0.4, -0.2) is 10.9 Å². The van der Waals surface area contributed by atoms with Crippen LogP contribution in [0.3, 0.4) is 0 Å². The third-order valence-electron chi connectivity index (χ3n) is 4.99. The second-order valence-electron chi connectivity index (χ2n) is 7.33. The Kier molecular flexibility index (Phi) is 6.38. The lowest BCUT2D eigenvalue weighted by atomic mass is 10.1. The maximum Gasteiger partial charge on any atom is 0.419 e. The summed E-state index contributed by atoms with van der Waals surface area (Å²) in [6.45, 7) is 3.42. The molecule has 9 heteroatoms. The smallest absolute Gasteiger partial charge is 0.419 e. The molecule has 0 atom stereocenters. The van der Waals surface area contributed by atoms with Crippen molar-refractivity contribution in [2.24, 2.45) is 0 Å². The Bertz CT molecular complexity index is 1460. The van der Waals surface area contributed by atoms with Crippen molar-refractivity contribution in [2.75, 3.05) is 10.6 Å². The third-order valence-corrected chi connectivity index (χ3v) is 4.99. The molecule has 0 bridgehead atoms. The first-order valence-corrected chi connectivity index (χ1v) is 10.3. The van der Waals surface area contributed by atoms with E-state index in [1.54, 1.807) is 30.3 Å². The highest BCUT2D eigenvalue weighted by Gasteiger charge is 2.34. The van der Waals surface area contributed by atoms with E-state index in [-0.39, 0.29) is 23.0 Å². The van der Waals surface area contributed by atoms with Crippen molar-refractivity contribution in [3.63, 3.8) is 0 Å². The number of amides is 1. The minimum absolute atomic E-state index is 0.210. The van der Waals surface area contributed by atoms with Gasteiger partial charge in [-0.1, -0.05) is 18.7 Å². The average Bonchev–Trinajstić information content (AvgIpc) is 2.85. The lowest BCUT2D eigenvalue weighted by Crippen LogP contribution is -2.07. The van der Waals surface area contributed by atoms with Gasteiger partial charge in [-0.3, -0.25) is 9.78 Å². The van der Waals surface area contributed by atoms with Crippen LogP contribution in [0, 0.1) is 11.3 Å². The van der Waals surface area contributed by atoms with E-state index in [4.69, 9.17) is 4.74 Å². The van der Waals surface area contributed by atoms with Crippen LogP contribution in [0.4, 0.5) is 30.2 Å². The summed E-state index contributed by atoms with van der Waals surface area (Å²) in [7, 11) is 0. The van der Waals surface area contributed by atoms with Crippen LogP contribution in [0.25, 0.3) is 10.9 Å². The quantitative estimate of drug-likeness (QED) is 0.301. The first-order chi connectivity index (χ1) is 16.8. The summed E-state index contributed by atoms with van der Waals surface area (Å²) >= 11 is 0. The number of fused-ring (bicyclic) bond motifs is 1. The summed E-state index contributed by atoms with van der Waals surface area (Å²) in [6, 6.07) is 18.4. The van der Waals surface area contributed by atoms with E-state index < -0.39 is 11.7 Å². The number of benzene rings is 3. The molecule has 0 aliphatic carbocycles. The standard InChI is InChI=1S/C26H17F3N4O2/c1-2-24(34)32-18-9-12-22-20(13-18)25(16(14-30)15-31-22)33-17-7-10-19(11-8-17)35-23-6-4-3-5-21(23)26(27,28)29/h2-13,15H,1H2,(H,31,33)(H,32,34). The molecule has 1 amide bonds. The molecule has 1 aromatic heterocycles. The number of alkyl halides is 3. The molecule has 0 aliphatic rings. The normalized spacial score (nSPS) is 10.9. The molecule has 0 aliphatic heterocycles. The minimum Gasteiger partial charge on any atom is -0.457 e. The van der Waals surface area contributed by atoms with E-state index in [0.29, 0.717) is 28.0 Å². The van der Waals surface area contributed by atoms with Gasteiger partial charge < -0.3 is 15.4 Å². The number of para-hydroxylation sites is 1. The molecule has 0 saturated heterocycles. The van der Waals surface area contributed by atoms with E-state index in [1.807, 2.05) is 0 Å². The van der Waals surface area contributed by atoms with Crippen LogP contribution in [0.5, 0.6) is 11.5 Å². The number of hydrogen-bond donors (Lipinski definition) is 2. The molecular weight excluding hydrogens is 457 g/mol. The summed E-state index contributed by atoms with van der Waals surface area (Å²) in [5.74, 6) is -0.477. The molecule has 6 nitrogen and oxygen atoms in total. The van der Waals surface area contributed by atoms with Crippen molar-refractivity contribution in [3.05, 3.63) is 96.7 Å². The largest absolute Gasteiger partial charge is 0.457 e. The molecule has 0 saturated carbocycles. The van der Waals surface area contributed by atoms with Crippen molar-refractivity contribution in [2.45, 2.75) is 6.18 Å². The van der Waals surface area contributed by atoms with Gasteiger partial charge in [-0.15, -0.1) is 0 Å². The van der Waals surface area contributed by atoms with Crippen LogP contribution in [0.1, 0.15) is 11.1 Å². The van der Waals surface area contributed by atoms with Gasteiger partial charge in [-0.25, -0.2) is 0 Å². The van der Waals surface area contributed by atoms with Crippen LogP contribution in [0.15, 0.2) is 85.6 Å². The third kappa shape index (κ3) is 5.23. The van der Waals surface area contributed by atoms with Gasteiger partial charge in [0, 0.05) is 23.0 Å². The van der Waals surface area contributed by atoms with Crippen LogP contribution < -0.4 is 15.4 Å². The Morgan fingerprint density at radius 3 is 2.46 bits per heavy atom. The second-order valence-corrected chi connectivity index (χ2v) is 7.33. The van der Waals surface area contributed by atoms with E-state index in [2.05, 4.69) is 28.3 Å². The SMILES string of the molecule is C=CC(=O)Nc1ccc2ncc(C#N)c(Nc3ccc(Oc4ccccc4C(F)(F)F)cc3)c2c1. The average molecular weight is 474 g/mol. The fraction of sp³-hybridized carbons (Fsp3) is 0.0385. The van der Waals surface area contributed by atoms with Gasteiger partial charge in [0.25, 0.3) is 0 Å². The molecule has 1 heterocycles. The van der Waals surface area contributed by atoms with Crippen molar-refractivity contribution in [1.82, 2.24) is 4.98 Å². The van der Waals surface area contributed by atoms with Crippen molar-refractivity contribution in [1.29, 1.82) is 5.26 Å². The number of anilines is 3. The topological polar surface area (TPSA) is 87.0 Å². The summed E-state index contributed by atoms with van der Waals surface area (Å²) in [6.07, 6.45) is -1.97. The molecule has 0 radical (unpaired) electrons. The first kappa shape index (κ1) is 23.3. The zero-order valence-electron chi connectivity index (χ0n) is 18.1. The fourth-order valence-corrected chi connectivity index (χ4v) is 3.35. The van der Waals surface area contributed by atoms with Crippen LogP contribution in [-0.2, 0) is 11.0 Å². The number of hydrogen-bond acceptors (Lipinski definition) is 5. The number of nitrogens with one attached hydrogen (secondary N) is 2. The molecular formula is C26H17F3N4O2. The van der Waals surface area contributed by atoms with E-state index in [0.717, 1.165) is 12.1 Å². The van der Waals surface area contributed by atoms with Gasteiger partial charge in [0.2, 0.25) is 5.91 Å². The van der Waals surface area contributed by atoms with Crippen molar-refractivity contribution >= 4 is 33.9 Å². The van der Waals surface area contributed by atoms with Gasteiger partial charge >= 0.3 is 6.18 Å².